The van der Waals surface area contributed by atoms with E-state index in [-0.39, 0.29) is 10.6 Å². The SMILES string of the molecule is COc1ccc(CCNC(=O)CN(c2ccccc2OC)S(=O)(=O)c2ccc(Cl)cc2)cc1. The van der Waals surface area contributed by atoms with Gasteiger partial charge < -0.3 is 14.8 Å². The van der Waals surface area contributed by atoms with Crippen molar-refractivity contribution in [3.8, 4) is 11.5 Å². The van der Waals surface area contributed by atoms with Crippen molar-refractivity contribution in [2.24, 2.45) is 0 Å². The minimum absolute atomic E-state index is 0.0174. The second-order valence-electron chi connectivity index (χ2n) is 7.09. The van der Waals surface area contributed by atoms with E-state index in [4.69, 9.17) is 21.1 Å². The molecule has 1 amide bonds. The Labute approximate surface area is 198 Å². The second kappa shape index (κ2) is 11.1. The number of hydrogen-bond donors (Lipinski definition) is 1. The molecule has 3 aromatic rings. The van der Waals surface area contributed by atoms with E-state index < -0.39 is 22.5 Å². The van der Waals surface area contributed by atoms with Gasteiger partial charge in [0, 0.05) is 11.6 Å². The third-order valence-electron chi connectivity index (χ3n) is 4.94. The Bertz CT molecular complexity index is 1180. The van der Waals surface area contributed by atoms with Crippen LogP contribution in [-0.2, 0) is 21.2 Å². The lowest BCUT2D eigenvalue weighted by Gasteiger charge is -2.25. The zero-order valence-electron chi connectivity index (χ0n) is 18.3. The number of nitrogens with one attached hydrogen (secondary N) is 1. The number of benzene rings is 3. The summed E-state index contributed by atoms with van der Waals surface area (Å²) in [5.74, 6) is 0.649. The first-order chi connectivity index (χ1) is 15.8. The Hall–Kier alpha value is -3.23. The van der Waals surface area contributed by atoms with E-state index in [9.17, 15) is 13.2 Å². The lowest BCUT2D eigenvalue weighted by atomic mass is 10.1. The summed E-state index contributed by atoms with van der Waals surface area (Å²) < 4.78 is 38.4. The van der Waals surface area contributed by atoms with Crippen LogP contribution in [0.15, 0.2) is 77.7 Å². The summed E-state index contributed by atoms with van der Waals surface area (Å²) in [6.07, 6.45) is 0.592. The van der Waals surface area contributed by atoms with Crippen molar-refractivity contribution in [1.82, 2.24) is 5.32 Å². The fourth-order valence-electron chi connectivity index (χ4n) is 3.19. The normalized spacial score (nSPS) is 11.0. The molecule has 0 aliphatic heterocycles. The Morgan fingerprint density at radius 3 is 2.24 bits per heavy atom. The number of para-hydroxylation sites is 2. The molecule has 0 bridgehead atoms. The molecule has 0 spiro atoms. The van der Waals surface area contributed by atoms with Crippen LogP contribution in [0, 0.1) is 0 Å². The summed E-state index contributed by atoms with van der Waals surface area (Å²) in [4.78, 5) is 12.8. The number of hydrogen-bond acceptors (Lipinski definition) is 5. The zero-order valence-corrected chi connectivity index (χ0v) is 19.9. The Kier molecular flexibility index (Phi) is 8.19. The summed E-state index contributed by atoms with van der Waals surface area (Å²) in [6.45, 7) is -0.0557. The molecule has 0 atom stereocenters. The van der Waals surface area contributed by atoms with Crippen molar-refractivity contribution < 1.29 is 22.7 Å². The van der Waals surface area contributed by atoms with Crippen LogP contribution in [0.25, 0.3) is 0 Å². The molecule has 0 fully saturated rings. The summed E-state index contributed by atoms with van der Waals surface area (Å²) in [6, 6.07) is 20.0. The molecule has 174 valence electrons. The van der Waals surface area contributed by atoms with Gasteiger partial charge in [-0.05, 0) is 60.5 Å². The number of methoxy groups -OCH3 is 2. The molecule has 0 aliphatic rings. The second-order valence-corrected chi connectivity index (χ2v) is 9.38. The molecular weight excluding hydrogens is 464 g/mol. The number of rotatable bonds is 10. The molecule has 0 saturated carbocycles. The van der Waals surface area contributed by atoms with Gasteiger partial charge in [0.15, 0.2) is 0 Å². The van der Waals surface area contributed by atoms with Crippen LogP contribution in [0.1, 0.15) is 5.56 Å². The van der Waals surface area contributed by atoms with Gasteiger partial charge in [-0.15, -0.1) is 0 Å². The van der Waals surface area contributed by atoms with Crippen LogP contribution in [0.4, 0.5) is 5.69 Å². The lowest BCUT2D eigenvalue weighted by molar-refractivity contribution is -0.119. The maximum Gasteiger partial charge on any atom is 0.264 e. The standard InChI is InChI=1S/C24H25ClN2O5S/c1-31-20-11-7-18(8-12-20)15-16-26-24(28)17-27(22-5-3-4-6-23(22)32-2)33(29,30)21-13-9-19(25)10-14-21/h3-14H,15-17H2,1-2H3,(H,26,28). The van der Waals surface area contributed by atoms with E-state index in [1.54, 1.807) is 31.4 Å². The lowest BCUT2D eigenvalue weighted by Crippen LogP contribution is -2.41. The van der Waals surface area contributed by atoms with E-state index >= 15 is 0 Å². The average Bonchev–Trinajstić information content (AvgIpc) is 2.83. The Balaban J connectivity index is 1.79. The number of amides is 1. The fourth-order valence-corrected chi connectivity index (χ4v) is 4.75. The first-order valence-electron chi connectivity index (χ1n) is 10.2. The van der Waals surface area contributed by atoms with Crippen LogP contribution >= 0.6 is 11.6 Å². The van der Waals surface area contributed by atoms with Gasteiger partial charge in [-0.1, -0.05) is 35.9 Å². The van der Waals surface area contributed by atoms with Gasteiger partial charge in [0.05, 0.1) is 24.8 Å². The predicted octanol–water partition coefficient (Wildman–Crippen LogP) is 3.91. The number of sulfonamides is 1. The highest BCUT2D eigenvalue weighted by molar-refractivity contribution is 7.92. The molecular formula is C24H25ClN2O5S. The number of carbonyl (C=O) groups is 1. The van der Waals surface area contributed by atoms with Crippen molar-refractivity contribution in [1.29, 1.82) is 0 Å². The van der Waals surface area contributed by atoms with E-state index in [1.165, 1.54) is 31.4 Å². The number of halogens is 1. The van der Waals surface area contributed by atoms with Gasteiger partial charge in [-0.2, -0.15) is 0 Å². The van der Waals surface area contributed by atoms with Crippen molar-refractivity contribution in [3.05, 3.63) is 83.4 Å². The van der Waals surface area contributed by atoms with Crippen LogP contribution in [0.2, 0.25) is 5.02 Å². The van der Waals surface area contributed by atoms with E-state index in [1.807, 2.05) is 24.3 Å². The monoisotopic (exact) mass is 488 g/mol. The van der Waals surface area contributed by atoms with Gasteiger partial charge in [-0.3, -0.25) is 9.10 Å². The Morgan fingerprint density at radius 2 is 1.61 bits per heavy atom. The minimum Gasteiger partial charge on any atom is -0.497 e. The summed E-state index contributed by atoms with van der Waals surface area (Å²) in [7, 11) is -1.02. The fraction of sp³-hybridized carbons (Fsp3) is 0.208. The van der Waals surface area contributed by atoms with E-state index in [2.05, 4.69) is 5.32 Å². The van der Waals surface area contributed by atoms with E-state index in [0.29, 0.717) is 23.7 Å². The van der Waals surface area contributed by atoms with Crippen LogP contribution < -0.4 is 19.1 Å². The number of anilines is 1. The van der Waals surface area contributed by atoms with Gasteiger partial charge in [0.2, 0.25) is 5.91 Å². The number of carbonyl (C=O) groups excluding carboxylic acids is 1. The smallest absolute Gasteiger partial charge is 0.264 e. The molecule has 0 heterocycles. The minimum atomic E-state index is -4.06. The predicted molar refractivity (Wildman–Crippen MR) is 129 cm³/mol. The molecule has 0 saturated heterocycles. The summed E-state index contributed by atoms with van der Waals surface area (Å²) >= 11 is 5.92. The first kappa shape index (κ1) is 24.4. The average molecular weight is 489 g/mol. The molecule has 0 aliphatic carbocycles. The topological polar surface area (TPSA) is 84.9 Å². The molecule has 0 radical (unpaired) electrons. The highest BCUT2D eigenvalue weighted by Crippen LogP contribution is 2.32. The molecule has 9 heteroatoms. The van der Waals surface area contributed by atoms with Crippen molar-refractivity contribution in [2.45, 2.75) is 11.3 Å². The zero-order chi connectivity index (χ0) is 23.8. The first-order valence-corrected chi connectivity index (χ1v) is 12.0. The summed E-state index contributed by atoms with van der Waals surface area (Å²) in [5, 5.41) is 3.20. The van der Waals surface area contributed by atoms with Crippen molar-refractivity contribution in [3.63, 3.8) is 0 Å². The van der Waals surface area contributed by atoms with Gasteiger partial charge >= 0.3 is 0 Å². The van der Waals surface area contributed by atoms with Crippen LogP contribution in [-0.4, -0.2) is 41.6 Å². The van der Waals surface area contributed by atoms with Gasteiger partial charge in [-0.25, -0.2) is 8.42 Å². The van der Waals surface area contributed by atoms with Gasteiger partial charge in [0.25, 0.3) is 10.0 Å². The number of nitrogens with zero attached hydrogens (tertiary/aromatic N) is 1. The molecule has 3 aromatic carbocycles. The third-order valence-corrected chi connectivity index (χ3v) is 6.96. The maximum atomic E-state index is 13.4. The molecule has 7 nitrogen and oxygen atoms in total. The quantitative estimate of drug-likeness (QED) is 0.467. The Morgan fingerprint density at radius 1 is 0.939 bits per heavy atom. The largest absolute Gasteiger partial charge is 0.497 e. The van der Waals surface area contributed by atoms with Crippen LogP contribution in [0.3, 0.4) is 0 Å². The highest BCUT2D eigenvalue weighted by Gasteiger charge is 2.29. The number of ether oxygens (including phenoxy) is 2. The van der Waals surface area contributed by atoms with E-state index in [0.717, 1.165) is 15.6 Å². The van der Waals surface area contributed by atoms with Crippen LogP contribution in [0.5, 0.6) is 11.5 Å². The highest BCUT2D eigenvalue weighted by atomic mass is 35.5. The molecule has 3 rings (SSSR count). The van der Waals surface area contributed by atoms with Crippen molar-refractivity contribution >= 4 is 33.2 Å². The molecule has 1 N–H and O–H groups in total. The summed E-state index contributed by atoms with van der Waals surface area (Å²) in [5.41, 5.74) is 1.28. The maximum absolute atomic E-state index is 13.4. The van der Waals surface area contributed by atoms with Crippen molar-refractivity contribution in [2.75, 3.05) is 31.6 Å². The molecule has 33 heavy (non-hydrogen) atoms. The molecule has 0 unspecified atom stereocenters. The molecule has 0 aromatic heterocycles. The van der Waals surface area contributed by atoms with Gasteiger partial charge in [0.1, 0.15) is 18.0 Å². The third kappa shape index (κ3) is 6.18.